The van der Waals surface area contributed by atoms with E-state index in [1.54, 1.807) is 30.5 Å². The molecule has 1 aliphatic heterocycles. The molecule has 0 atom stereocenters. The molecular weight excluding hydrogens is 430 g/mol. The van der Waals surface area contributed by atoms with Gasteiger partial charge in [0, 0.05) is 29.5 Å². The van der Waals surface area contributed by atoms with Gasteiger partial charge in [-0.25, -0.2) is 0 Å². The van der Waals surface area contributed by atoms with Gasteiger partial charge in [0.05, 0.1) is 23.3 Å². The lowest BCUT2D eigenvalue weighted by Crippen LogP contribution is -2.59. The zero-order valence-corrected chi connectivity index (χ0v) is 17.6. The fourth-order valence-electron chi connectivity index (χ4n) is 4.07. The van der Waals surface area contributed by atoms with Gasteiger partial charge in [-0.15, -0.1) is 0 Å². The van der Waals surface area contributed by atoms with Gasteiger partial charge in [0.15, 0.2) is 5.78 Å². The number of amides is 2. The number of hydrogen-bond donors (Lipinski definition) is 3. The highest BCUT2D eigenvalue weighted by Crippen LogP contribution is 2.44. The number of ether oxygens (including phenoxy) is 1. The van der Waals surface area contributed by atoms with E-state index in [9.17, 15) is 24.5 Å². The van der Waals surface area contributed by atoms with Crippen LogP contribution in [0.15, 0.2) is 48.7 Å². The van der Waals surface area contributed by atoms with E-state index in [4.69, 9.17) is 16.2 Å². The number of nitro benzene ring substituents is 1. The number of hydrogen-bond acceptors (Lipinski definition) is 7. The molecule has 1 aromatic heterocycles. The van der Waals surface area contributed by atoms with Crippen LogP contribution >= 0.6 is 0 Å². The molecule has 11 heteroatoms. The van der Waals surface area contributed by atoms with Crippen molar-refractivity contribution < 1.29 is 24.0 Å². The highest BCUT2D eigenvalue weighted by Gasteiger charge is 2.51. The van der Waals surface area contributed by atoms with E-state index in [1.165, 1.54) is 30.7 Å². The Labute approximate surface area is 187 Å². The topological polar surface area (TPSA) is 173 Å². The van der Waals surface area contributed by atoms with Gasteiger partial charge < -0.3 is 26.1 Å². The second-order valence-electron chi connectivity index (χ2n) is 7.48. The van der Waals surface area contributed by atoms with Crippen LogP contribution in [0.2, 0.25) is 0 Å². The Morgan fingerprint density at radius 3 is 2.24 bits per heavy atom. The number of carbonyl (C=O) groups excluding carboxylic acids is 3. The summed E-state index contributed by atoms with van der Waals surface area (Å²) in [6.07, 6.45) is 1.59. The van der Waals surface area contributed by atoms with Gasteiger partial charge in [0.25, 0.3) is 17.5 Å². The molecule has 0 saturated heterocycles. The summed E-state index contributed by atoms with van der Waals surface area (Å²) in [7, 11) is 1.52. The highest BCUT2D eigenvalue weighted by atomic mass is 16.6. The van der Waals surface area contributed by atoms with Crippen LogP contribution in [0.1, 0.15) is 22.8 Å². The van der Waals surface area contributed by atoms with Crippen molar-refractivity contribution in [3.8, 4) is 22.6 Å². The fourth-order valence-corrected chi connectivity index (χ4v) is 4.07. The van der Waals surface area contributed by atoms with E-state index >= 15 is 0 Å². The molecule has 3 aromatic rings. The molecule has 0 unspecified atom stereocenters. The summed E-state index contributed by atoms with van der Waals surface area (Å²) in [5.41, 5.74) is 10.1. The number of benzene rings is 2. The Hall–Kier alpha value is -4.67. The number of primary amides is 2. The Balaban J connectivity index is 2.09. The van der Waals surface area contributed by atoms with Gasteiger partial charge in [-0.05, 0) is 30.7 Å². The molecule has 0 saturated carbocycles. The van der Waals surface area contributed by atoms with Crippen LogP contribution in [0.25, 0.3) is 16.8 Å². The predicted molar refractivity (Wildman–Crippen MR) is 118 cm³/mol. The van der Waals surface area contributed by atoms with Crippen molar-refractivity contribution in [3.05, 3.63) is 69.9 Å². The minimum atomic E-state index is -2.22. The first-order valence-corrected chi connectivity index (χ1v) is 9.69. The van der Waals surface area contributed by atoms with Crippen LogP contribution in [0, 0.1) is 10.1 Å². The van der Waals surface area contributed by atoms with Gasteiger partial charge in [0.1, 0.15) is 11.6 Å². The summed E-state index contributed by atoms with van der Waals surface area (Å²) in [5, 5.41) is 14.2. The number of anilines is 1. The Morgan fingerprint density at radius 2 is 1.73 bits per heavy atom. The molecule has 0 radical (unpaired) electrons. The molecule has 2 amide bonds. The van der Waals surface area contributed by atoms with Crippen LogP contribution in [-0.4, -0.2) is 34.2 Å². The molecule has 0 bridgehead atoms. The number of nitrogens with one attached hydrogen (secondary N) is 1. The standard InChI is InChI=1S/C22H19N5O6/c1-11(28)18-15(12-3-6-14(33-2)7-4-12)10-26-17-9-13(27(31)32)5-8-16(17)22(20(23)29,21(24)30)25-19(18)26/h3-10,25H,1-2H3,(H2,23,29)(H2,24,30). The van der Waals surface area contributed by atoms with Crippen molar-refractivity contribution in [3.63, 3.8) is 0 Å². The largest absolute Gasteiger partial charge is 0.497 e. The van der Waals surface area contributed by atoms with Crippen molar-refractivity contribution in [1.82, 2.24) is 4.57 Å². The second-order valence-corrected chi connectivity index (χ2v) is 7.48. The molecule has 168 valence electrons. The number of fused-ring (bicyclic) bond motifs is 3. The molecular formula is C22H19N5O6. The number of nitrogens with zero attached hydrogens (tertiary/aromatic N) is 2. The molecule has 0 aliphatic carbocycles. The number of carbonyl (C=O) groups is 3. The maximum atomic E-state index is 12.7. The smallest absolute Gasteiger partial charge is 0.271 e. The van der Waals surface area contributed by atoms with E-state index < -0.39 is 22.3 Å². The van der Waals surface area contributed by atoms with Gasteiger partial charge >= 0.3 is 0 Å². The third-order valence-electron chi connectivity index (χ3n) is 5.66. The van der Waals surface area contributed by atoms with Crippen LogP contribution in [0.5, 0.6) is 5.75 Å². The average Bonchev–Trinajstić information content (AvgIpc) is 3.17. The molecule has 11 nitrogen and oxygen atoms in total. The molecule has 33 heavy (non-hydrogen) atoms. The van der Waals surface area contributed by atoms with Crippen LogP contribution < -0.4 is 21.5 Å². The number of methoxy groups -OCH3 is 1. The van der Waals surface area contributed by atoms with E-state index in [-0.39, 0.29) is 34.1 Å². The second kappa shape index (κ2) is 7.48. The van der Waals surface area contributed by atoms with Crippen molar-refractivity contribution >= 4 is 29.1 Å². The number of non-ortho nitro benzene ring substituents is 1. The first kappa shape index (κ1) is 21.6. The first-order valence-electron chi connectivity index (χ1n) is 9.69. The van der Waals surface area contributed by atoms with Crippen molar-refractivity contribution in [2.24, 2.45) is 11.5 Å². The van der Waals surface area contributed by atoms with Gasteiger partial charge in [-0.2, -0.15) is 0 Å². The van der Waals surface area contributed by atoms with Crippen molar-refractivity contribution in [1.29, 1.82) is 0 Å². The number of nitrogens with two attached hydrogens (primary N) is 2. The number of nitro groups is 1. The Bertz CT molecular complexity index is 1330. The minimum Gasteiger partial charge on any atom is -0.497 e. The molecule has 2 heterocycles. The Kier molecular flexibility index (Phi) is 4.89. The minimum absolute atomic E-state index is 0.0342. The van der Waals surface area contributed by atoms with Crippen molar-refractivity contribution in [2.75, 3.05) is 12.4 Å². The third kappa shape index (κ3) is 3.09. The van der Waals surface area contributed by atoms with E-state index in [0.717, 1.165) is 6.07 Å². The van der Waals surface area contributed by atoms with Crippen LogP contribution in [0.4, 0.5) is 11.5 Å². The maximum Gasteiger partial charge on any atom is 0.271 e. The van der Waals surface area contributed by atoms with Gasteiger partial charge in [0.2, 0.25) is 5.54 Å². The summed E-state index contributed by atoms with van der Waals surface area (Å²) < 4.78 is 6.65. The van der Waals surface area contributed by atoms with Crippen LogP contribution in [0.3, 0.4) is 0 Å². The quantitative estimate of drug-likeness (QED) is 0.223. The first-order chi connectivity index (χ1) is 15.6. The zero-order chi connectivity index (χ0) is 24.1. The fraction of sp³-hybridized carbons (Fsp3) is 0.136. The number of Topliss-reactive ketones (excluding diaryl/α,β-unsaturated/α-hetero) is 1. The lowest BCUT2D eigenvalue weighted by Gasteiger charge is -2.36. The Morgan fingerprint density at radius 1 is 1.09 bits per heavy atom. The molecule has 5 N–H and O–H groups in total. The summed E-state index contributed by atoms with van der Waals surface area (Å²) in [4.78, 5) is 48.6. The van der Waals surface area contributed by atoms with E-state index in [1.807, 2.05) is 0 Å². The van der Waals surface area contributed by atoms with Crippen LogP contribution in [-0.2, 0) is 15.1 Å². The maximum absolute atomic E-state index is 12.7. The van der Waals surface area contributed by atoms with Gasteiger partial charge in [-0.1, -0.05) is 12.1 Å². The average molecular weight is 449 g/mol. The van der Waals surface area contributed by atoms with E-state index in [2.05, 4.69) is 5.32 Å². The lowest BCUT2D eigenvalue weighted by molar-refractivity contribution is -0.384. The summed E-state index contributed by atoms with van der Waals surface area (Å²) in [6.45, 7) is 1.32. The highest BCUT2D eigenvalue weighted by molar-refractivity contribution is 6.15. The monoisotopic (exact) mass is 449 g/mol. The number of aromatic nitrogens is 1. The van der Waals surface area contributed by atoms with E-state index in [0.29, 0.717) is 16.9 Å². The summed E-state index contributed by atoms with van der Waals surface area (Å²) in [6, 6.07) is 10.5. The predicted octanol–water partition coefficient (Wildman–Crippen LogP) is 1.86. The molecule has 0 fully saturated rings. The van der Waals surface area contributed by atoms with Crippen molar-refractivity contribution in [2.45, 2.75) is 12.5 Å². The molecule has 0 spiro atoms. The zero-order valence-electron chi connectivity index (χ0n) is 17.6. The molecule has 1 aliphatic rings. The molecule has 2 aromatic carbocycles. The molecule has 4 rings (SSSR count). The number of ketones is 1. The van der Waals surface area contributed by atoms with Gasteiger partial charge in [-0.3, -0.25) is 24.5 Å². The third-order valence-corrected chi connectivity index (χ3v) is 5.66. The summed E-state index contributed by atoms with van der Waals surface area (Å²) >= 11 is 0. The summed E-state index contributed by atoms with van der Waals surface area (Å²) in [5.74, 6) is -1.93. The number of rotatable bonds is 6. The lowest BCUT2D eigenvalue weighted by atomic mass is 9.84. The SMILES string of the molecule is COc1ccc(-c2cn3c(c2C(C)=O)NC(C(N)=O)(C(N)=O)c2ccc([N+](=O)[O-])cc2-3)cc1. The normalized spacial score (nSPS) is 13.3.